The van der Waals surface area contributed by atoms with Gasteiger partial charge in [0.2, 0.25) is 0 Å². The van der Waals surface area contributed by atoms with E-state index in [1.54, 1.807) is 12.1 Å². The van der Waals surface area contributed by atoms with Crippen LogP contribution in [0.3, 0.4) is 0 Å². The summed E-state index contributed by atoms with van der Waals surface area (Å²) in [7, 11) is 0. The monoisotopic (exact) mass is 415 g/mol. The van der Waals surface area contributed by atoms with E-state index in [9.17, 15) is 10.1 Å². The van der Waals surface area contributed by atoms with Crippen LogP contribution in [0, 0.1) is 10.1 Å². The standard InChI is InChI=1S/C24H21N3O2S/c28-27(29)21-13-11-18(12-14-21)17-26-16-15-22(23(26)19-7-3-1-4-8-19)24(30)25-20-9-5-2-6-10-20/h1-14H,15-17H2,(H,25,30). The van der Waals surface area contributed by atoms with Gasteiger partial charge in [-0.2, -0.15) is 0 Å². The molecule has 5 nitrogen and oxygen atoms in total. The van der Waals surface area contributed by atoms with E-state index in [0.717, 1.165) is 46.0 Å². The van der Waals surface area contributed by atoms with Crippen LogP contribution in [0.25, 0.3) is 5.70 Å². The largest absolute Gasteiger partial charge is 0.366 e. The topological polar surface area (TPSA) is 58.4 Å². The van der Waals surface area contributed by atoms with Crippen molar-refractivity contribution in [3.05, 3.63) is 112 Å². The normalized spacial score (nSPS) is 13.4. The number of hydrogen-bond acceptors (Lipinski definition) is 4. The van der Waals surface area contributed by atoms with Crippen LogP contribution < -0.4 is 5.32 Å². The van der Waals surface area contributed by atoms with Crippen molar-refractivity contribution in [1.82, 2.24) is 4.90 Å². The number of benzene rings is 3. The molecule has 1 heterocycles. The number of nitro benzene ring substituents is 1. The number of nitro groups is 1. The molecule has 0 radical (unpaired) electrons. The van der Waals surface area contributed by atoms with Gasteiger partial charge in [0.05, 0.1) is 10.6 Å². The summed E-state index contributed by atoms with van der Waals surface area (Å²) in [5.41, 5.74) is 5.44. The van der Waals surface area contributed by atoms with Crippen molar-refractivity contribution >= 4 is 34.3 Å². The van der Waals surface area contributed by atoms with Crippen LogP contribution in [-0.2, 0) is 6.54 Å². The third-order valence-electron chi connectivity index (χ3n) is 5.11. The average molecular weight is 416 g/mol. The van der Waals surface area contributed by atoms with Crippen LogP contribution in [-0.4, -0.2) is 21.4 Å². The predicted molar refractivity (Wildman–Crippen MR) is 124 cm³/mol. The third kappa shape index (κ3) is 4.39. The Hall–Kier alpha value is -3.51. The van der Waals surface area contributed by atoms with Gasteiger partial charge in [0, 0.05) is 36.5 Å². The van der Waals surface area contributed by atoms with Gasteiger partial charge in [0.15, 0.2) is 0 Å². The summed E-state index contributed by atoms with van der Waals surface area (Å²) < 4.78 is 0. The minimum absolute atomic E-state index is 0.105. The van der Waals surface area contributed by atoms with E-state index in [2.05, 4.69) is 22.3 Å². The van der Waals surface area contributed by atoms with Crippen molar-refractivity contribution in [1.29, 1.82) is 0 Å². The van der Waals surface area contributed by atoms with Gasteiger partial charge in [-0.3, -0.25) is 10.1 Å². The van der Waals surface area contributed by atoms with Gasteiger partial charge in [0.1, 0.15) is 4.99 Å². The second-order valence-electron chi connectivity index (χ2n) is 7.11. The van der Waals surface area contributed by atoms with Crippen molar-refractivity contribution in [3.8, 4) is 0 Å². The predicted octanol–water partition coefficient (Wildman–Crippen LogP) is 5.65. The molecule has 0 unspecified atom stereocenters. The molecule has 0 saturated heterocycles. The van der Waals surface area contributed by atoms with E-state index in [0.29, 0.717) is 6.54 Å². The molecule has 0 amide bonds. The highest BCUT2D eigenvalue weighted by Gasteiger charge is 2.26. The summed E-state index contributed by atoms with van der Waals surface area (Å²) in [4.78, 5) is 13.6. The quantitative estimate of drug-likeness (QED) is 0.320. The molecule has 0 bridgehead atoms. The summed E-state index contributed by atoms with van der Waals surface area (Å²) in [6.07, 6.45) is 0.843. The molecule has 1 aliphatic rings. The Morgan fingerprint density at radius 2 is 1.60 bits per heavy atom. The van der Waals surface area contributed by atoms with E-state index in [4.69, 9.17) is 12.2 Å². The summed E-state index contributed by atoms with van der Waals surface area (Å²) >= 11 is 5.77. The lowest BCUT2D eigenvalue weighted by Crippen LogP contribution is -2.19. The molecule has 0 aromatic heterocycles. The van der Waals surface area contributed by atoms with Crippen LogP contribution in [0.1, 0.15) is 17.5 Å². The molecule has 3 aromatic carbocycles. The number of para-hydroxylation sites is 1. The van der Waals surface area contributed by atoms with E-state index in [1.807, 2.05) is 60.7 Å². The van der Waals surface area contributed by atoms with E-state index >= 15 is 0 Å². The number of hydrogen-bond donors (Lipinski definition) is 1. The fourth-order valence-corrected chi connectivity index (χ4v) is 3.99. The van der Waals surface area contributed by atoms with Gasteiger partial charge < -0.3 is 10.2 Å². The Bertz CT molecular complexity index is 1080. The summed E-state index contributed by atoms with van der Waals surface area (Å²) in [5.74, 6) is 0. The minimum atomic E-state index is -0.374. The highest BCUT2D eigenvalue weighted by atomic mass is 32.1. The fourth-order valence-electron chi connectivity index (χ4n) is 3.67. The van der Waals surface area contributed by atoms with E-state index in [1.165, 1.54) is 0 Å². The first-order valence-corrected chi connectivity index (χ1v) is 10.2. The molecule has 0 fully saturated rings. The zero-order valence-electron chi connectivity index (χ0n) is 16.3. The van der Waals surface area contributed by atoms with Crippen molar-refractivity contribution in [3.63, 3.8) is 0 Å². The Labute approximate surface area is 180 Å². The first-order chi connectivity index (χ1) is 14.6. The molecule has 0 spiro atoms. The smallest absolute Gasteiger partial charge is 0.269 e. The lowest BCUT2D eigenvalue weighted by Gasteiger charge is -2.23. The lowest BCUT2D eigenvalue weighted by molar-refractivity contribution is -0.384. The Balaban J connectivity index is 1.63. The van der Waals surface area contributed by atoms with Gasteiger partial charge in [-0.25, -0.2) is 0 Å². The molecule has 1 aliphatic heterocycles. The molecule has 0 atom stereocenters. The molecule has 0 saturated carbocycles. The maximum atomic E-state index is 10.9. The van der Waals surface area contributed by atoms with Crippen LogP contribution in [0.5, 0.6) is 0 Å². The number of nitrogens with zero attached hydrogens (tertiary/aromatic N) is 2. The van der Waals surface area contributed by atoms with Crippen LogP contribution in [0.4, 0.5) is 11.4 Å². The van der Waals surface area contributed by atoms with Gasteiger partial charge in [-0.05, 0) is 29.7 Å². The number of nitrogens with one attached hydrogen (secondary N) is 1. The van der Waals surface area contributed by atoms with E-state index < -0.39 is 0 Å². The van der Waals surface area contributed by atoms with Crippen molar-refractivity contribution in [2.75, 3.05) is 11.9 Å². The Kier molecular flexibility index (Phi) is 5.86. The summed E-state index contributed by atoms with van der Waals surface area (Å²) in [5, 5.41) is 14.3. The van der Waals surface area contributed by atoms with E-state index in [-0.39, 0.29) is 10.6 Å². The van der Waals surface area contributed by atoms with Gasteiger partial charge in [-0.15, -0.1) is 0 Å². The molecule has 4 rings (SSSR count). The zero-order chi connectivity index (χ0) is 20.9. The SMILES string of the molecule is O=[N+]([O-])c1ccc(CN2CCC(C(=S)Nc3ccccc3)=C2c2ccccc2)cc1. The van der Waals surface area contributed by atoms with Crippen LogP contribution >= 0.6 is 12.2 Å². The maximum Gasteiger partial charge on any atom is 0.269 e. The second kappa shape index (κ2) is 8.88. The third-order valence-corrected chi connectivity index (χ3v) is 5.46. The first-order valence-electron chi connectivity index (χ1n) is 9.75. The van der Waals surface area contributed by atoms with Crippen molar-refractivity contribution in [2.45, 2.75) is 13.0 Å². The number of thiocarbonyl (C=S) groups is 1. The van der Waals surface area contributed by atoms with Gasteiger partial charge >= 0.3 is 0 Å². The first kappa shape index (κ1) is 19.8. The summed E-state index contributed by atoms with van der Waals surface area (Å²) in [6.45, 7) is 1.51. The highest BCUT2D eigenvalue weighted by molar-refractivity contribution is 7.81. The van der Waals surface area contributed by atoms with Crippen molar-refractivity contribution in [2.24, 2.45) is 0 Å². The van der Waals surface area contributed by atoms with Gasteiger partial charge in [-0.1, -0.05) is 72.9 Å². The molecule has 150 valence electrons. The summed E-state index contributed by atoms with van der Waals surface area (Å²) in [6, 6.07) is 26.9. The van der Waals surface area contributed by atoms with Crippen LogP contribution in [0.2, 0.25) is 0 Å². The molecule has 0 aliphatic carbocycles. The average Bonchev–Trinajstić information content (AvgIpc) is 3.19. The Morgan fingerprint density at radius 3 is 2.23 bits per heavy atom. The number of non-ortho nitro benzene ring substituents is 1. The zero-order valence-corrected chi connectivity index (χ0v) is 17.1. The van der Waals surface area contributed by atoms with Crippen molar-refractivity contribution < 1.29 is 4.92 Å². The molecular weight excluding hydrogens is 394 g/mol. The number of anilines is 1. The minimum Gasteiger partial charge on any atom is -0.366 e. The van der Waals surface area contributed by atoms with Crippen LogP contribution in [0.15, 0.2) is 90.5 Å². The number of rotatable bonds is 6. The lowest BCUT2D eigenvalue weighted by atomic mass is 10.1. The maximum absolute atomic E-state index is 10.9. The Morgan fingerprint density at radius 1 is 0.967 bits per heavy atom. The molecule has 1 N–H and O–H groups in total. The molecule has 30 heavy (non-hydrogen) atoms. The fraction of sp³-hybridized carbons (Fsp3) is 0.125. The van der Waals surface area contributed by atoms with Gasteiger partial charge in [0.25, 0.3) is 5.69 Å². The highest BCUT2D eigenvalue weighted by Crippen LogP contribution is 2.34. The molecule has 6 heteroatoms. The second-order valence-corrected chi connectivity index (χ2v) is 7.52. The molecular formula is C24H21N3O2S. The molecule has 3 aromatic rings.